The summed E-state index contributed by atoms with van der Waals surface area (Å²) in [4.78, 5) is 0. The molecule has 0 rings (SSSR count). The Hall–Kier alpha value is -0.120. The average molecular weight is 316 g/mol. The molecule has 0 aromatic carbocycles. The zero-order valence-electron chi connectivity index (χ0n) is 15.7. The third-order valence-corrected chi connectivity index (χ3v) is 4.53. The smallest absolute Gasteiger partial charge is 0.102 e. The van der Waals surface area contributed by atoms with Gasteiger partial charge in [0, 0.05) is 13.0 Å². The quantitative estimate of drug-likeness (QED) is 0.314. The fourth-order valence-electron chi connectivity index (χ4n) is 2.88. The van der Waals surface area contributed by atoms with Crippen LogP contribution in [0, 0.1) is 0 Å². The molecule has 0 aliphatic carbocycles. The largest absolute Gasteiger partial charge is 0.391 e. The molecule has 2 N–H and O–H groups in total. The van der Waals surface area contributed by atoms with Crippen LogP contribution in [0.4, 0.5) is 0 Å². The molecule has 0 heterocycles. The van der Waals surface area contributed by atoms with Gasteiger partial charge in [-0.15, -0.1) is 0 Å². The van der Waals surface area contributed by atoms with E-state index in [9.17, 15) is 0 Å². The number of rotatable bonds is 17. The van der Waals surface area contributed by atoms with Crippen molar-refractivity contribution in [3.8, 4) is 0 Å². The molecule has 0 saturated carbocycles. The van der Waals surface area contributed by atoms with Crippen molar-refractivity contribution in [2.45, 2.75) is 77.6 Å². The summed E-state index contributed by atoms with van der Waals surface area (Å²) in [5.74, 6) is 0. The van der Waals surface area contributed by atoms with Crippen LogP contribution in [0.5, 0.6) is 0 Å². The average Bonchev–Trinajstić information content (AvgIpc) is 2.47. The molecule has 0 atom stereocenters. The lowest BCUT2D eigenvalue weighted by atomic mass is 10.1. The minimum Gasteiger partial charge on any atom is -0.391 e. The molecule has 3 nitrogen and oxygen atoms in total. The number of aliphatic hydroxyl groups excluding tert-OH is 1. The predicted octanol–water partition coefficient (Wildman–Crippen LogP) is 3.96. The van der Waals surface area contributed by atoms with Gasteiger partial charge < -0.3 is 14.9 Å². The van der Waals surface area contributed by atoms with Crippen molar-refractivity contribution in [1.82, 2.24) is 5.32 Å². The molecule has 0 fully saturated rings. The second-order valence-electron chi connectivity index (χ2n) is 7.39. The third-order valence-electron chi connectivity index (χ3n) is 4.53. The Kier molecular flexibility index (Phi) is 15.7. The summed E-state index contributed by atoms with van der Waals surface area (Å²) >= 11 is 0. The van der Waals surface area contributed by atoms with Crippen LogP contribution >= 0.6 is 0 Å². The van der Waals surface area contributed by atoms with Gasteiger partial charge in [0.25, 0.3) is 0 Å². The zero-order chi connectivity index (χ0) is 16.5. The lowest BCUT2D eigenvalue weighted by Crippen LogP contribution is -2.43. The Morgan fingerprint density at radius 1 is 0.682 bits per heavy atom. The summed E-state index contributed by atoms with van der Waals surface area (Å²) in [5, 5.41) is 12.5. The number of hydrogen-bond donors (Lipinski definition) is 2. The minimum absolute atomic E-state index is 0.291. The number of nitrogens with one attached hydrogen (secondary N) is 1. The molecule has 0 radical (unpaired) electrons. The van der Waals surface area contributed by atoms with Crippen LogP contribution < -0.4 is 5.32 Å². The normalized spacial score (nSPS) is 12.0. The van der Waals surface area contributed by atoms with Crippen LogP contribution in [-0.2, 0) is 0 Å². The van der Waals surface area contributed by atoms with Gasteiger partial charge in [-0.1, -0.05) is 64.7 Å². The summed E-state index contributed by atoms with van der Waals surface area (Å²) in [5.41, 5.74) is 0. The van der Waals surface area contributed by atoms with Gasteiger partial charge in [-0.2, -0.15) is 0 Å². The number of aliphatic hydroxyl groups is 1. The Bertz CT molecular complexity index is 219. The second-order valence-corrected chi connectivity index (χ2v) is 7.39. The monoisotopic (exact) mass is 315 g/mol. The maximum absolute atomic E-state index is 8.99. The van der Waals surface area contributed by atoms with Crippen LogP contribution in [0.25, 0.3) is 0 Å². The Morgan fingerprint density at radius 2 is 1.18 bits per heavy atom. The van der Waals surface area contributed by atoms with E-state index in [1.54, 1.807) is 0 Å². The summed E-state index contributed by atoms with van der Waals surface area (Å²) in [6.45, 7) is 6.86. The predicted molar refractivity (Wildman–Crippen MR) is 98.3 cm³/mol. The molecule has 0 unspecified atom stereocenters. The second kappa shape index (κ2) is 15.8. The highest BCUT2D eigenvalue weighted by molar-refractivity contribution is 4.51. The number of unbranched alkanes of at least 4 members (excludes halogenated alkanes) is 9. The van der Waals surface area contributed by atoms with E-state index >= 15 is 0 Å². The highest BCUT2D eigenvalue weighted by Gasteiger charge is 2.12. The first-order valence-electron chi connectivity index (χ1n) is 9.76. The fourth-order valence-corrected chi connectivity index (χ4v) is 2.88. The van der Waals surface area contributed by atoms with Gasteiger partial charge in [0.15, 0.2) is 0 Å². The van der Waals surface area contributed by atoms with E-state index in [4.69, 9.17) is 5.11 Å². The molecule has 0 spiro atoms. The number of quaternary nitrogens is 1. The Labute approximate surface area is 140 Å². The molecular formula is C19H43N2O+. The van der Waals surface area contributed by atoms with Crippen LogP contribution in [0.15, 0.2) is 0 Å². The molecule has 0 saturated heterocycles. The van der Waals surface area contributed by atoms with Gasteiger partial charge >= 0.3 is 0 Å². The molecule has 3 heteroatoms. The molecule has 0 amide bonds. The van der Waals surface area contributed by atoms with Gasteiger partial charge in [0.05, 0.1) is 27.2 Å². The van der Waals surface area contributed by atoms with Crippen LogP contribution in [0.1, 0.15) is 77.6 Å². The van der Waals surface area contributed by atoms with E-state index in [1.807, 2.05) is 0 Å². The molecular weight excluding hydrogens is 272 g/mol. The number of likely N-dealkylation sites (N-methyl/N-ethyl adjacent to an activating group) is 1. The Balaban J connectivity index is 3.11. The molecule has 0 aliphatic heterocycles. The summed E-state index contributed by atoms with van der Waals surface area (Å²) in [6, 6.07) is 0. The van der Waals surface area contributed by atoms with E-state index in [-0.39, 0.29) is 0 Å². The molecule has 0 aliphatic rings. The maximum atomic E-state index is 8.99. The molecule has 134 valence electrons. The van der Waals surface area contributed by atoms with E-state index in [0.717, 1.165) is 24.1 Å². The van der Waals surface area contributed by atoms with Crippen molar-refractivity contribution in [3.05, 3.63) is 0 Å². The number of nitrogens with zero attached hydrogens (tertiary/aromatic N) is 1. The SMILES string of the molecule is CCCCCCCCCCCCNCCC[N+](C)(C)CCO. The van der Waals surface area contributed by atoms with Crippen molar-refractivity contribution >= 4 is 0 Å². The fraction of sp³-hybridized carbons (Fsp3) is 1.00. The molecule has 0 bridgehead atoms. The van der Waals surface area contributed by atoms with Gasteiger partial charge in [-0.3, -0.25) is 0 Å². The van der Waals surface area contributed by atoms with Crippen molar-refractivity contribution in [1.29, 1.82) is 0 Å². The molecule has 22 heavy (non-hydrogen) atoms. The highest BCUT2D eigenvalue weighted by Crippen LogP contribution is 2.10. The standard InChI is InChI=1S/C19H43N2O/c1-4-5-6-7-8-9-10-11-12-13-15-20-16-14-17-21(2,3)18-19-22/h20,22H,4-19H2,1-3H3/q+1. The van der Waals surface area contributed by atoms with Crippen molar-refractivity contribution in [3.63, 3.8) is 0 Å². The van der Waals surface area contributed by atoms with Crippen LogP contribution in [-0.4, -0.2) is 56.5 Å². The summed E-state index contributed by atoms with van der Waals surface area (Å²) < 4.78 is 0.927. The van der Waals surface area contributed by atoms with Gasteiger partial charge in [0.1, 0.15) is 6.54 Å². The minimum atomic E-state index is 0.291. The van der Waals surface area contributed by atoms with Crippen molar-refractivity contribution < 1.29 is 9.59 Å². The summed E-state index contributed by atoms with van der Waals surface area (Å²) in [6.07, 6.45) is 15.3. The topological polar surface area (TPSA) is 32.3 Å². The lowest BCUT2D eigenvalue weighted by molar-refractivity contribution is -0.890. The van der Waals surface area contributed by atoms with Crippen molar-refractivity contribution in [2.75, 3.05) is 46.9 Å². The highest BCUT2D eigenvalue weighted by atomic mass is 16.3. The molecule has 0 aromatic heterocycles. The first kappa shape index (κ1) is 21.9. The van der Waals surface area contributed by atoms with Gasteiger partial charge in [-0.25, -0.2) is 0 Å². The maximum Gasteiger partial charge on any atom is 0.102 e. The Morgan fingerprint density at radius 3 is 1.73 bits per heavy atom. The first-order valence-corrected chi connectivity index (χ1v) is 9.76. The van der Waals surface area contributed by atoms with E-state index in [1.165, 1.54) is 77.2 Å². The third kappa shape index (κ3) is 16.3. The summed E-state index contributed by atoms with van der Waals surface area (Å²) in [7, 11) is 4.39. The van der Waals surface area contributed by atoms with E-state index in [2.05, 4.69) is 26.3 Å². The molecule has 0 aromatic rings. The van der Waals surface area contributed by atoms with Gasteiger partial charge in [-0.05, 0) is 13.0 Å². The van der Waals surface area contributed by atoms with E-state index in [0.29, 0.717) is 6.61 Å². The zero-order valence-corrected chi connectivity index (χ0v) is 15.7. The first-order chi connectivity index (χ1) is 10.6. The van der Waals surface area contributed by atoms with Gasteiger partial charge in [0.2, 0.25) is 0 Å². The van der Waals surface area contributed by atoms with Crippen LogP contribution in [0.2, 0.25) is 0 Å². The van der Waals surface area contributed by atoms with E-state index < -0.39 is 0 Å². The number of hydrogen-bond acceptors (Lipinski definition) is 2. The van der Waals surface area contributed by atoms with Crippen molar-refractivity contribution in [2.24, 2.45) is 0 Å². The van der Waals surface area contributed by atoms with Crippen LogP contribution in [0.3, 0.4) is 0 Å². The lowest BCUT2D eigenvalue weighted by Gasteiger charge is -2.28.